The molecule has 0 amide bonds. The van der Waals surface area contributed by atoms with Gasteiger partial charge in [-0.3, -0.25) is 4.98 Å². The zero-order valence-electron chi connectivity index (χ0n) is 9.36. The van der Waals surface area contributed by atoms with E-state index in [1.54, 1.807) is 6.20 Å². The summed E-state index contributed by atoms with van der Waals surface area (Å²) in [5, 5.41) is 3.36. The van der Waals surface area contributed by atoms with Gasteiger partial charge in [0.05, 0.1) is 0 Å². The van der Waals surface area contributed by atoms with Gasteiger partial charge in [-0.05, 0) is 52.2 Å². The fourth-order valence-electron chi connectivity index (χ4n) is 1.56. The number of hydrogen-bond acceptors (Lipinski definition) is 3. The van der Waals surface area contributed by atoms with Crippen LogP contribution in [0, 0.1) is 0 Å². The van der Waals surface area contributed by atoms with Crippen LogP contribution < -0.4 is 11.1 Å². The normalized spacial score (nSPS) is 10.2. The molecule has 3 nitrogen and oxygen atoms in total. The predicted octanol–water partition coefficient (Wildman–Crippen LogP) is 3.08. The van der Waals surface area contributed by atoms with E-state index in [4.69, 9.17) is 5.73 Å². The second kappa shape index (κ2) is 5.68. The van der Waals surface area contributed by atoms with E-state index in [1.807, 2.05) is 30.5 Å². The van der Waals surface area contributed by atoms with Gasteiger partial charge in [-0.2, -0.15) is 0 Å². The van der Waals surface area contributed by atoms with Crippen LogP contribution in [-0.2, 0) is 6.42 Å². The third-order valence-corrected chi connectivity index (χ3v) is 3.10. The molecule has 0 bridgehead atoms. The van der Waals surface area contributed by atoms with Crippen molar-refractivity contribution in [1.82, 2.24) is 4.98 Å². The van der Waals surface area contributed by atoms with Crippen LogP contribution in [0.15, 0.2) is 47.2 Å². The second-order valence-corrected chi connectivity index (χ2v) is 4.63. The molecular weight excluding hydrogens is 278 g/mol. The molecule has 17 heavy (non-hydrogen) atoms. The molecule has 0 aliphatic rings. The van der Waals surface area contributed by atoms with E-state index in [2.05, 4.69) is 32.3 Å². The minimum absolute atomic E-state index is 0.759. The maximum atomic E-state index is 5.68. The van der Waals surface area contributed by atoms with Gasteiger partial charge >= 0.3 is 0 Å². The van der Waals surface area contributed by atoms with E-state index in [0.29, 0.717) is 0 Å². The van der Waals surface area contributed by atoms with Gasteiger partial charge in [-0.25, -0.2) is 0 Å². The van der Waals surface area contributed by atoms with Crippen LogP contribution in [0.25, 0.3) is 0 Å². The van der Waals surface area contributed by atoms with Crippen LogP contribution in [0.3, 0.4) is 0 Å². The molecule has 2 aromatic rings. The van der Waals surface area contributed by atoms with Crippen molar-refractivity contribution in [2.45, 2.75) is 6.42 Å². The van der Waals surface area contributed by atoms with E-state index in [-0.39, 0.29) is 0 Å². The Balaban J connectivity index is 1.90. The summed E-state index contributed by atoms with van der Waals surface area (Å²) in [7, 11) is 0. The topological polar surface area (TPSA) is 50.9 Å². The van der Waals surface area contributed by atoms with Crippen LogP contribution >= 0.6 is 15.9 Å². The number of pyridine rings is 1. The van der Waals surface area contributed by atoms with Crippen LogP contribution in [0.2, 0.25) is 0 Å². The quantitative estimate of drug-likeness (QED) is 0.851. The van der Waals surface area contributed by atoms with Gasteiger partial charge in [0.25, 0.3) is 0 Å². The molecular formula is C13H14BrN3. The first kappa shape index (κ1) is 11.9. The highest BCUT2D eigenvalue weighted by Crippen LogP contribution is 2.24. The van der Waals surface area contributed by atoms with Crippen molar-refractivity contribution in [1.29, 1.82) is 0 Å². The van der Waals surface area contributed by atoms with Crippen molar-refractivity contribution in [3.8, 4) is 0 Å². The Morgan fingerprint density at radius 2 is 2.18 bits per heavy atom. The number of nitrogens with one attached hydrogen (secondary N) is 1. The van der Waals surface area contributed by atoms with Crippen molar-refractivity contribution >= 4 is 27.3 Å². The Morgan fingerprint density at radius 1 is 1.29 bits per heavy atom. The lowest BCUT2D eigenvalue weighted by Crippen LogP contribution is -2.05. The van der Waals surface area contributed by atoms with Gasteiger partial charge in [-0.15, -0.1) is 0 Å². The summed E-state index contributed by atoms with van der Waals surface area (Å²) in [6, 6.07) is 9.79. The highest BCUT2D eigenvalue weighted by atomic mass is 79.9. The third-order valence-electron chi connectivity index (χ3n) is 2.45. The number of rotatable bonds is 4. The maximum absolute atomic E-state index is 5.68. The number of aromatic nitrogens is 1. The molecule has 4 heteroatoms. The third kappa shape index (κ3) is 3.46. The summed E-state index contributed by atoms with van der Waals surface area (Å²) in [6.07, 6.45) is 4.62. The lowest BCUT2D eigenvalue weighted by Gasteiger charge is -2.08. The molecule has 0 unspecified atom stereocenters. The second-order valence-electron chi connectivity index (χ2n) is 3.78. The first-order valence-electron chi connectivity index (χ1n) is 5.43. The zero-order valence-corrected chi connectivity index (χ0v) is 10.9. The number of nitrogens with two attached hydrogens (primary N) is 1. The Bertz CT molecular complexity index is 485. The van der Waals surface area contributed by atoms with E-state index < -0.39 is 0 Å². The van der Waals surface area contributed by atoms with Gasteiger partial charge in [0, 0.05) is 34.8 Å². The highest BCUT2D eigenvalue weighted by Gasteiger charge is 1.99. The summed E-state index contributed by atoms with van der Waals surface area (Å²) in [6.45, 7) is 0.869. The SMILES string of the molecule is Nc1ccc(NCCc2cccnc2)c(Br)c1. The average Bonchev–Trinajstić information content (AvgIpc) is 2.33. The fraction of sp³-hybridized carbons (Fsp3) is 0.154. The van der Waals surface area contributed by atoms with Gasteiger partial charge in [0.1, 0.15) is 0 Å². The van der Waals surface area contributed by atoms with E-state index in [0.717, 1.165) is 28.8 Å². The summed E-state index contributed by atoms with van der Waals surface area (Å²) < 4.78 is 0.990. The summed E-state index contributed by atoms with van der Waals surface area (Å²) in [5.41, 5.74) is 8.73. The summed E-state index contributed by atoms with van der Waals surface area (Å²) in [4.78, 5) is 4.09. The van der Waals surface area contributed by atoms with E-state index >= 15 is 0 Å². The molecule has 0 fully saturated rings. The van der Waals surface area contributed by atoms with Crippen molar-refractivity contribution in [3.63, 3.8) is 0 Å². The number of benzene rings is 1. The number of halogens is 1. The van der Waals surface area contributed by atoms with E-state index in [9.17, 15) is 0 Å². The molecule has 2 rings (SSSR count). The molecule has 1 aromatic carbocycles. The lowest BCUT2D eigenvalue weighted by atomic mass is 10.2. The minimum Gasteiger partial charge on any atom is -0.399 e. The molecule has 1 heterocycles. The largest absolute Gasteiger partial charge is 0.399 e. The Kier molecular flexibility index (Phi) is 3.98. The molecule has 3 N–H and O–H groups in total. The first-order chi connectivity index (χ1) is 8.25. The number of hydrogen-bond donors (Lipinski definition) is 2. The predicted molar refractivity (Wildman–Crippen MR) is 75.0 cm³/mol. The molecule has 0 spiro atoms. The molecule has 0 atom stereocenters. The first-order valence-corrected chi connectivity index (χ1v) is 6.23. The lowest BCUT2D eigenvalue weighted by molar-refractivity contribution is 1.00. The molecule has 1 aromatic heterocycles. The molecule has 0 aliphatic heterocycles. The van der Waals surface area contributed by atoms with Gasteiger partial charge in [0.15, 0.2) is 0 Å². The Labute approximate surface area is 109 Å². The maximum Gasteiger partial charge on any atom is 0.0486 e. The molecule has 0 radical (unpaired) electrons. The van der Waals surface area contributed by atoms with Crippen LogP contribution in [-0.4, -0.2) is 11.5 Å². The van der Waals surface area contributed by atoms with Crippen molar-refractivity contribution in [2.24, 2.45) is 0 Å². The summed E-state index contributed by atoms with van der Waals surface area (Å²) in [5.74, 6) is 0. The van der Waals surface area contributed by atoms with Crippen molar-refractivity contribution in [3.05, 3.63) is 52.8 Å². The van der Waals surface area contributed by atoms with Crippen molar-refractivity contribution < 1.29 is 0 Å². The van der Waals surface area contributed by atoms with Gasteiger partial charge in [-0.1, -0.05) is 6.07 Å². The van der Waals surface area contributed by atoms with Crippen LogP contribution in [0.4, 0.5) is 11.4 Å². The average molecular weight is 292 g/mol. The number of nitrogen functional groups attached to an aromatic ring is 1. The Morgan fingerprint density at radius 3 is 2.88 bits per heavy atom. The minimum atomic E-state index is 0.759. The molecule has 0 aliphatic carbocycles. The molecule has 0 saturated heterocycles. The highest BCUT2D eigenvalue weighted by molar-refractivity contribution is 9.10. The van der Waals surface area contributed by atoms with Crippen LogP contribution in [0.1, 0.15) is 5.56 Å². The van der Waals surface area contributed by atoms with Gasteiger partial charge < -0.3 is 11.1 Å². The fourth-order valence-corrected chi connectivity index (χ4v) is 2.10. The number of nitrogens with zero attached hydrogens (tertiary/aromatic N) is 1. The molecule has 0 saturated carbocycles. The smallest absolute Gasteiger partial charge is 0.0486 e. The zero-order chi connectivity index (χ0) is 12.1. The van der Waals surface area contributed by atoms with Gasteiger partial charge in [0.2, 0.25) is 0 Å². The van der Waals surface area contributed by atoms with Crippen molar-refractivity contribution in [2.75, 3.05) is 17.6 Å². The molecule has 88 valence electrons. The standard InChI is InChI=1S/C13H14BrN3/c14-12-8-11(15)3-4-13(12)17-7-5-10-2-1-6-16-9-10/h1-4,6,8-9,17H,5,7,15H2. The van der Waals surface area contributed by atoms with Crippen LogP contribution in [0.5, 0.6) is 0 Å². The Hall–Kier alpha value is -1.55. The summed E-state index contributed by atoms with van der Waals surface area (Å²) >= 11 is 3.48. The monoisotopic (exact) mass is 291 g/mol. The number of anilines is 2. The van der Waals surface area contributed by atoms with E-state index in [1.165, 1.54) is 5.56 Å².